The van der Waals surface area contributed by atoms with Gasteiger partial charge in [-0.2, -0.15) is 0 Å². The molecule has 3 rings (SSSR count). The standard InChI is InChI=1S/C20H30F2N4O.HI/c1-23-20(24-8-4-16-12-17(21)2-3-19(16)22)25-18-5-9-26(10-6-18)13-15-7-11-27-14-15;/h2-3,12,15,18H,4-11,13-14H2,1H3,(H2,23,24,25);1H. The SMILES string of the molecule is CN=C(NCCc1cc(F)ccc1F)NC1CCN(CC2CCOC2)CC1.I. The lowest BCUT2D eigenvalue weighted by molar-refractivity contribution is 0.150. The van der Waals surface area contributed by atoms with Gasteiger partial charge in [0.2, 0.25) is 0 Å². The third kappa shape index (κ3) is 7.11. The van der Waals surface area contributed by atoms with E-state index >= 15 is 0 Å². The van der Waals surface area contributed by atoms with Gasteiger partial charge in [0.05, 0.1) is 6.61 Å². The van der Waals surface area contributed by atoms with Crippen LogP contribution in [-0.2, 0) is 11.2 Å². The van der Waals surface area contributed by atoms with Crippen LogP contribution in [0.4, 0.5) is 8.78 Å². The van der Waals surface area contributed by atoms with Gasteiger partial charge in [-0.15, -0.1) is 24.0 Å². The van der Waals surface area contributed by atoms with Crippen LogP contribution >= 0.6 is 24.0 Å². The molecule has 2 saturated heterocycles. The van der Waals surface area contributed by atoms with E-state index < -0.39 is 5.82 Å². The molecule has 2 N–H and O–H groups in total. The number of piperidine rings is 1. The van der Waals surface area contributed by atoms with Gasteiger partial charge in [-0.25, -0.2) is 8.78 Å². The number of aliphatic imine (C=N–C) groups is 1. The molecule has 0 spiro atoms. The van der Waals surface area contributed by atoms with Crippen molar-refractivity contribution in [2.75, 3.05) is 46.4 Å². The maximum atomic E-state index is 13.7. The first-order chi connectivity index (χ1) is 13.1. The quantitative estimate of drug-likeness (QED) is 0.353. The van der Waals surface area contributed by atoms with E-state index in [9.17, 15) is 8.78 Å². The molecule has 1 aromatic carbocycles. The summed E-state index contributed by atoms with van der Waals surface area (Å²) in [4.78, 5) is 6.78. The zero-order valence-corrected chi connectivity index (χ0v) is 18.8. The highest BCUT2D eigenvalue weighted by atomic mass is 127. The summed E-state index contributed by atoms with van der Waals surface area (Å²) in [6, 6.07) is 3.94. The van der Waals surface area contributed by atoms with Crippen molar-refractivity contribution in [1.29, 1.82) is 0 Å². The summed E-state index contributed by atoms with van der Waals surface area (Å²) < 4.78 is 32.4. The first-order valence-corrected chi connectivity index (χ1v) is 9.85. The first kappa shape index (κ1) is 23.3. The Kier molecular flexibility index (Phi) is 9.87. The molecule has 0 amide bonds. The lowest BCUT2D eigenvalue weighted by Crippen LogP contribution is -2.49. The Bertz CT molecular complexity index is 633. The van der Waals surface area contributed by atoms with Crippen LogP contribution in [0.25, 0.3) is 0 Å². The van der Waals surface area contributed by atoms with Crippen LogP contribution in [0, 0.1) is 17.6 Å². The summed E-state index contributed by atoms with van der Waals surface area (Å²) in [7, 11) is 1.73. The molecule has 0 saturated carbocycles. The molecule has 2 aliphatic rings. The topological polar surface area (TPSA) is 48.9 Å². The van der Waals surface area contributed by atoms with Gasteiger partial charge in [-0.05, 0) is 55.4 Å². The second kappa shape index (κ2) is 11.9. The maximum absolute atomic E-state index is 13.7. The average Bonchev–Trinajstić information content (AvgIpc) is 3.18. The van der Waals surface area contributed by atoms with E-state index in [2.05, 4.69) is 20.5 Å². The second-order valence-corrected chi connectivity index (χ2v) is 7.43. The lowest BCUT2D eigenvalue weighted by atomic mass is 10.0. The third-order valence-electron chi connectivity index (χ3n) is 5.39. The summed E-state index contributed by atoms with van der Waals surface area (Å²) in [5, 5.41) is 6.65. The fourth-order valence-electron chi connectivity index (χ4n) is 3.79. The molecule has 2 aliphatic heterocycles. The minimum Gasteiger partial charge on any atom is -0.381 e. The van der Waals surface area contributed by atoms with Gasteiger partial charge in [0, 0.05) is 45.9 Å². The van der Waals surface area contributed by atoms with E-state index in [1.54, 1.807) is 7.05 Å². The fourth-order valence-corrected chi connectivity index (χ4v) is 3.79. The van der Waals surface area contributed by atoms with Crippen molar-refractivity contribution in [3.05, 3.63) is 35.4 Å². The van der Waals surface area contributed by atoms with Crippen molar-refractivity contribution >= 4 is 29.9 Å². The number of ether oxygens (including phenoxy) is 1. The van der Waals surface area contributed by atoms with E-state index in [4.69, 9.17) is 4.74 Å². The number of nitrogens with zero attached hydrogens (tertiary/aromatic N) is 2. The molecule has 158 valence electrons. The van der Waals surface area contributed by atoms with Crippen molar-refractivity contribution in [3.63, 3.8) is 0 Å². The monoisotopic (exact) mass is 508 g/mol. The zero-order valence-electron chi connectivity index (χ0n) is 16.4. The number of hydrogen-bond donors (Lipinski definition) is 2. The Morgan fingerprint density at radius 3 is 2.71 bits per heavy atom. The number of likely N-dealkylation sites (tertiary alicyclic amines) is 1. The largest absolute Gasteiger partial charge is 0.381 e. The van der Waals surface area contributed by atoms with Crippen molar-refractivity contribution < 1.29 is 13.5 Å². The van der Waals surface area contributed by atoms with Gasteiger partial charge in [-0.3, -0.25) is 4.99 Å². The first-order valence-electron chi connectivity index (χ1n) is 9.85. The number of benzene rings is 1. The molecule has 5 nitrogen and oxygen atoms in total. The minimum absolute atomic E-state index is 0. The summed E-state index contributed by atoms with van der Waals surface area (Å²) in [6.45, 7) is 5.61. The molecule has 0 radical (unpaired) electrons. The van der Waals surface area contributed by atoms with Crippen LogP contribution in [0.1, 0.15) is 24.8 Å². The number of rotatable bonds is 6. The predicted octanol–water partition coefficient (Wildman–Crippen LogP) is 2.79. The normalized spacial score (nSPS) is 21.4. The minimum atomic E-state index is -0.412. The Morgan fingerprint density at radius 2 is 2.04 bits per heavy atom. The van der Waals surface area contributed by atoms with Crippen molar-refractivity contribution in [2.45, 2.75) is 31.7 Å². The molecule has 1 unspecified atom stereocenters. The van der Waals surface area contributed by atoms with E-state index in [-0.39, 0.29) is 29.8 Å². The highest BCUT2D eigenvalue weighted by molar-refractivity contribution is 14.0. The molecule has 1 atom stereocenters. The molecular formula is C20H31F2IN4O. The highest BCUT2D eigenvalue weighted by Crippen LogP contribution is 2.17. The molecule has 2 heterocycles. The predicted molar refractivity (Wildman–Crippen MR) is 118 cm³/mol. The van der Waals surface area contributed by atoms with Gasteiger partial charge < -0.3 is 20.3 Å². The highest BCUT2D eigenvalue weighted by Gasteiger charge is 2.24. The molecular weight excluding hydrogens is 477 g/mol. The summed E-state index contributed by atoms with van der Waals surface area (Å²) in [6.07, 6.45) is 3.74. The second-order valence-electron chi connectivity index (χ2n) is 7.43. The van der Waals surface area contributed by atoms with Gasteiger partial charge in [0.25, 0.3) is 0 Å². The van der Waals surface area contributed by atoms with E-state index in [0.717, 1.165) is 57.7 Å². The molecule has 0 aliphatic carbocycles. The number of guanidine groups is 1. The molecule has 0 aromatic heterocycles. The van der Waals surface area contributed by atoms with Crippen LogP contribution in [0.15, 0.2) is 23.2 Å². The van der Waals surface area contributed by atoms with Gasteiger partial charge in [0.1, 0.15) is 11.6 Å². The van der Waals surface area contributed by atoms with Crippen molar-refractivity contribution in [2.24, 2.45) is 10.9 Å². The zero-order chi connectivity index (χ0) is 19.1. The Morgan fingerprint density at radius 1 is 1.25 bits per heavy atom. The van der Waals surface area contributed by atoms with Crippen LogP contribution in [0.3, 0.4) is 0 Å². The fraction of sp³-hybridized carbons (Fsp3) is 0.650. The Hall–Kier alpha value is -1.00. The van der Waals surface area contributed by atoms with E-state index in [1.807, 2.05) is 0 Å². The number of nitrogens with one attached hydrogen (secondary N) is 2. The summed E-state index contributed by atoms with van der Waals surface area (Å²) in [5.74, 6) is 0.618. The van der Waals surface area contributed by atoms with Crippen molar-refractivity contribution in [1.82, 2.24) is 15.5 Å². The number of halogens is 3. The lowest BCUT2D eigenvalue weighted by Gasteiger charge is -2.34. The van der Waals surface area contributed by atoms with Gasteiger partial charge in [0.15, 0.2) is 5.96 Å². The Labute approximate surface area is 183 Å². The Balaban J connectivity index is 0.00000280. The molecule has 8 heteroatoms. The molecule has 0 bridgehead atoms. The van der Waals surface area contributed by atoms with Crippen LogP contribution in [-0.4, -0.2) is 63.3 Å². The smallest absolute Gasteiger partial charge is 0.191 e. The molecule has 2 fully saturated rings. The summed E-state index contributed by atoms with van der Waals surface area (Å²) >= 11 is 0. The van der Waals surface area contributed by atoms with Crippen LogP contribution < -0.4 is 10.6 Å². The number of hydrogen-bond acceptors (Lipinski definition) is 3. The van der Waals surface area contributed by atoms with Gasteiger partial charge >= 0.3 is 0 Å². The molecule has 28 heavy (non-hydrogen) atoms. The van der Waals surface area contributed by atoms with E-state index in [0.29, 0.717) is 30.5 Å². The van der Waals surface area contributed by atoms with Crippen LogP contribution in [0.2, 0.25) is 0 Å². The van der Waals surface area contributed by atoms with Crippen LogP contribution in [0.5, 0.6) is 0 Å². The third-order valence-corrected chi connectivity index (χ3v) is 5.39. The summed E-state index contributed by atoms with van der Waals surface area (Å²) in [5.41, 5.74) is 0.377. The van der Waals surface area contributed by atoms with Gasteiger partial charge in [-0.1, -0.05) is 0 Å². The average molecular weight is 508 g/mol. The van der Waals surface area contributed by atoms with E-state index in [1.165, 1.54) is 18.6 Å². The maximum Gasteiger partial charge on any atom is 0.191 e. The van der Waals surface area contributed by atoms with Crippen molar-refractivity contribution in [3.8, 4) is 0 Å². The molecule has 1 aromatic rings.